The minimum absolute atomic E-state index is 0.238. The number of sulfone groups is 1. The monoisotopic (exact) mass is 604 g/mol. The van der Waals surface area contributed by atoms with E-state index in [1.165, 1.54) is 21.3 Å². The second kappa shape index (κ2) is 14.0. The Kier molecular flexibility index (Phi) is 10.2. The third-order valence-corrected chi connectivity index (χ3v) is 8.96. The minimum Gasteiger partial charge on any atom is -0.497 e. The smallest absolute Gasteiger partial charge is 0.165 e. The fraction of sp³-hybridized carbons (Fsp3) is 0.235. The molecule has 0 amide bonds. The molecule has 226 valence electrons. The van der Waals surface area contributed by atoms with E-state index >= 15 is 0 Å². The van der Waals surface area contributed by atoms with Crippen LogP contribution >= 0.6 is 0 Å². The van der Waals surface area contributed by atoms with Crippen LogP contribution in [0.3, 0.4) is 0 Å². The van der Waals surface area contributed by atoms with Crippen LogP contribution in [-0.4, -0.2) is 51.1 Å². The molecule has 0 aliphatic rings. The highest BCUT2D eigenvalue weighted by Gasteiger charge is 2.35. The van der Waals surface area contributed by atoms with Crippen molar-refractivity contribution < 1.29 is 36.8 Å². The summed E-state index contributed by atoms with van der Waals surface area (Å²) in [4.78, 5) is 0. The molecule has 0 N–H and O–H groups in total. The zero-order valence-corrected chi connectivity index (χ0v) is 25.9. The maximum absolute atomic E-state index is 14.5. The van der Waals surface area contributed by atoms with E-state index in [1.54, 1.807) is 75.9 Å². The van der Waals surface area contributed by atoms with Crippen LogP contribution in [0.1, 0.15) is 33.1 Å². The molecule has 8 nitrogen and oxygen atoms in total. The van der Waals surface area contributed by atoms with Crippen LogP contribution in [0.25, 0.3) is 12.2 Å². The summed E-state index contributed by atoms with van der Waals surface area (Å²) in [6.07, 6.45) is 3.76. The molecular formula is C34H36O8S. The van der Waals surface area contributed by atoms with Gasteiger partial charge in [-0.1, -0.05) is 36.4 Å². The predicted octanol–water partition coefficient (Wildman–Crippen LogP) is 6.61. The number of hydrogen-bond acceptors (Lipinski definition) is 8. The molecule has 4 rings (SSSR count). The van der Waals surface area contributed by atoms with Gasteiger partial charge in [0, 0.05) is 17.7 Å². The van der Waals surface area contributed by atoms with Crippen LogP contribution < -0.4 is 28.4 Å². The maximum Gasteiger partial charge on any atom is 0.165 e. The summed E-state index contributed by atoms with van der Waals surface area (Å²) in [5, 5.41) is -1.16. The van der Waals surface area contributed by atoms with Crippen molar-refractivity contribution in [2.45, 2.75) is 11.0 Å². The van der Waals surface area contributed by atoms with Crippen LogP contribution in [0.15, 0.2) is 78.9 Å². The van der Waals surface area contributed by atoms with Gasteiger partial charge in [-0.15, -0.1) is 0 Å². The molecule has 0 aromatic heterocycles. The predicted molar refractivity (Wildman–Crippen MR) is 168 cm³/mol. The third-order valence-electron chi connectivity index (χ3n) is 7.00. The van der Waals surface area contributed by atoms with Crippen molar-refractivity contribution in [3.05, 3.63) is 107 Å². The van der Waals surface area contributed by atoms with Gasteiger partial charge in [-0.25, -0.2) is 8.42 Å². The number of benzene rings is 4. The molecule has 4 aromatic rings. The lowest BCUT2D eigenvalue weighted by molar-refractivity contribution is 0.389. The van der Waals surface area contributed by atoms with Crippen molar-refractivity contribution in [2.75, 3.05) is 42.7 Å². The Morgan fingerprint density at radius 2 is 1.09 bits per heavy atom. The molecule has 0 fully saturated rings. The van der Waals surface area contributed by atoms with Crippen molar-refractivity contribution in [3.8, 4) is 34.5 Å². The lowest BCUT2D eigenvalue weighted by Crippen LogP contribution is -2.19. The minimum atomic E-state index is -3.94. The molecule has 0 bridgehead atoms. The Labute approximate surface area is 253 Å². The van der Waals surface area contributed by atoms with E-state index in [4.69, 9.17) is 28.4 Å². The van der Waals surface area contributed by atoms with Crippen LogP contribution in [0, 0.1) is 0 Å². The molecule has 0 saturated heterocycles. The quantitative estimate of drug-likeness (QED) is 0.158. The zero-order valence-electron chi connectivity index (χ0n) is 25.1. The molecule has 0 heterocycles. The molecule has 0 saturated carbocycles. The summed E-state index contributed by atoms with van der Waals surface area (Å²) < 4.78 is 62.1. The fourth-order valence-corrected chi connectivity index (χ4v) is 6.79. The molecule has 43 heavy (non-hydrogen) atoms. The highest BCUT2D eigenvalue weighted by molar-refractivity contribution is 7.91. The Morgan fingerprint density at radius 3 is 1.60 bits per heavy atom. The first-order chi connectivity index (χ1) is 20.7. The average Bonchev–Trinajstić information content (AvgIpc) is 3.04. The summed E-state index contributed by atoms with van der Waals surface area (Å²) in [7, 11) is 5.34. The molecular weight excluding hydrogens is 568 g/mol. The van der Waals surface area contributed by atoms with Crippen molar-refractivity contribution in [3.63, 3.8) is 0 Å². The van der Waals surface area contributed by atoms with Gasteiger partial charge in [0.1, 0.15) is 39.7 Å². The van der Waals surface area contributed by atoms with Gasteiger partial charge in [0.25, 0.3) is 0 Å². The van der Waals surface area contributed by atoms with Gasteiger partial charge in [-0.3, -0.25) is 0 Å². The van der Waals surface area contributed by atoms with E-state index in [0.29, 0.717) is 51.0 Å². The SMILES string of the molecule is COc1ccc(/C=C/c2cc(OC)cc(OC)c2C(c2cc(OC)cc(OC)c2)S(=O)(=O)Cc2ccc(OC)cc2)cc1. The molecule has 0 radical (unpaired) electrons. The Balaban J connectivity index is 1.96. The van der Waals surface area contributed by atoms with E-state index in [-0.39, 0.29) is 5.75 Å². The lowest BCUT2D eigenvalue weighted by Gasteiger charge is -2.24. The molecule has 1 atom stereocenters. The van der Waals surface area contributed by atoms with Gasteiger partial charge in [0.2, 0.25) is 0 Å². The lowest BCUT2D eigenvalue weighted by atomic mass is 9.96. The van der Waals surface area contributed by atoms with Crippen molar-refractivity contribution >= 4 is 22.0 Å². The third kappa shape index (κ3) is 7.42. The van der Waals surface area contributed by atoms with Gasteiger partial charge < -0.3 is 28.4 Å². The van der Waals surface area contributed by atoms with E-state index < -0.39 is 15.1 Å². The number of rotatable bonds is 13. The topological polar surface area (TPSA) is 89.5 Å². The summed E-state index contributed by atoms with van der Waals surface area (Å²) in [6.45, 7) is 0. The summed E-state index contributed by atoms with van der Waals surface area (Å²) >= 11 is 0. The molecule has 1 unspecified atom stereocenters. The first-order valence-corrected chi connectivity index (χ1v) is 15.1. The largest absolute Gasteiger partial charge is 0.497 e. The molecule has 4 aromatic carbocycles. The van der Waals surface area contributed by atoms with Crippen LogP contribution in [0.4, 0.5) is 0 Å². The normalized spacial score (nSPS) is 12.0. The van der Waals surface area contributed by atoms with Gasteiger partial charge in [-0.2, -0.15) is 0 Å². The highest BCUT2D eigenvalue weighted by atomic mass is 32.2. The fourth-order valence-electron chi connectivity index (χ4n) is 4.80. The second-order valence-electron chi connectivity index (χ2n) is 9.62. The van der Waals surface area contributed by atoms with E-state index in [0.717, 1.165) is 11.3 Å². The molecule has 0 aliphatic heterocycles. The van der Waals surface area contributed by atoms with E-state index in [1.807, 2.05) is 36.4 Å². The molecule has 0 aliphatic carbocycles. The maximum atomic E-state index is 14.5. The van der Waals surface area contributed by atoms with Crippen LogP contribution in [0.5, 0.6) is 34.5 Å². The molecule has 0 spiro atoms. The number of methoxy groups -OCH3 is 6. The number of hydrogen-bond donors (Lipinski definition) is 0. The van der Waals surface area contributed by atoms with Gasteiger partial charge in [0.15, 0.2) is 9.84 Å². The zero-order chi connectivity index (χ0) is 31.0. The van der Waals surface area contributed by atoms with Gasteiger partial charge in [0.05, 0.1) is 48.4 Å². The van der Waals surface area contributed by atoms with Crippen molar-refractivity contribution in [1.82, 2.24) is 0 Å². The van der Waals surface area contributed by atoms with Crippen molar-refractivity contribution in [2.24, 2.45) is 0 Å². The Hall–Kier alpha value is -4.63. The highest BCUT2D eigenvalue weighted by Crippen LogP contribution is 2.44. The Bertz CT molecular complexity index is 1640. The Morgan fingerprint density at radius 1 is 0.581 bits per heavy atom. The molecule has 9 heteroatoms. The standard InChI is InChI=1S/C34H36O8S/c1-37-27-13-8-23(9-14-27)7-12-25-17-31(41-5)21-32(42-6)33(25)34(26-18-29(39-3)20-30(19-26)40-4)43(35,36)22-24-10-15-28(38-2)16-11-24/h7-21,34H,22H2,1-6H3/b12-7+. The van der Waals surface area contributed by atoms with Gasteiger partial charge in [-0.05, 0) is 64.7 Å². The van der Waals surface area contributed by atoms with E-state index in [2.05, 4.69) is 0 Å². The van der Waals surface area contributed by atoms with Crippen LogP contribution in [-0.2, 0) is 15.6 Å². The summed E-state index contributed by atoms with van der Waals surface area (Å²) in [5.41, 5.74) is 3.04. The summed E-state index contributed by atoms with van der Waals surface area (Å²) in [6, 6.07) is 23.1. The van der Waals surface area contributed by atoms with Gasteiger partial charge >= 0.3 is 0 Å². The van der Waals surface area contributed by atoms with Crippen molar-refractivity contribution in [1.29, 1.82) is 0 Å². The average molecular weight is 605 g/mol. The second-order valence-corrected chi connectivity index (χ2v) is 11.7. The first kappa shape index (κ1) is 31.3. The first-order valence-electron chi connectivity index (χ1n) is 13.4. The number of ether oxygens (including phenoxy) is 6. The van der Waals surface area contributed by atoms with E-state index in [9.17, 15) is 8.42 Å². The summed E-state index contributed by atoms with van der Waals surface area (Å²) in [5.74, 6) is 2.93. The van der Waals surface area contributed by atoms with Crippen LogP contribution in [0.2, 0.25) is 0 Å².